The van der Waals surface area contributed by atoms with E-state index in [2.05, 4.69) is 13.8 Å². The van der Waals surface area contributed by atoms with Gasteiger partial charge in [-0.25, -0.2) is 4.79 Å². The second-order valence-corrected chi connectivity index (χ2v) is 10.5. The number of aliphatic hydroxyl groups is 2. The lowest BCUT2D eigenvalue weighted by molar-refractivity contribution is -0.201. The van der Waals surface area contributed by atoms with E-state index < -0.39 is 35.1 Å². The lowest BCUT2D eigenvalue weighted by Crippen LogP contribution is -2.65. The van der Waals surface area contributed by atoms with Gasteiger partial charge in [0.25, 0.3) is 0 Å². The van der Waals surface area contributed by atoms with Gasteiger partial charge in [-0.3, -0.25) is 9.59 Å². The van der Waals surface area contributed by atoms with Crippen LogP contribution < -0.4 is 0 Å². The molecule has 0 aromatic heterocycles. The number of rotatable bonds is 3. The van der Waals surface area contributed by atoms with Crippen molar-refractivity contribution in [1.82, 2.24) is 0 Å². The maximum atomic E-state index is 14.1. The van der Waals surface area contributed by atoms with Crippen LogP contribution in [-0.2, 0) is 19.1 Å². The molecule has 0 aliphatic heterocycles. The first kappa shape index (κ1) is 22.2. The van der Waals surface area contributed by atoms with E-state index in [0.29, 0.717) is 23.9 Å². The molecule has 31 heavy (non-hydrogen) atoms. The predicted octanol–water partition coefficient (Wildman–Crippen LogP) is 2.54. The fraction of sp³-hybridized carbons (Fsp3) is 0.640. The lowest BCUT2D eigenvalue weighted by atomic mass is 9.59. The molecule has 0 aromatic rings. The Kier molecular flexibility index (Phi) is 4.80. The largest absolute Gasteiger partial charge is 0.451 e. The average Bonchev–Trinajstić information content (AvgIpc) is 3.21. The highest BCUT2D eigenvalue weighted by Crippen LogP contribution is 2.71. The molecular formula is C25H32O6. The summed E-state index contributed by atoms with van der Waals surface area (Å²) in [4.78, 5) is 38.7. The van der Waals surface area contributed by atoms with Crippen LogP contribution in [0.2, 0.25) is 0 Å². The fourth-order valence-electron chi connectivity index (χ4n) is 6.82. The third-order valence-corrected chi connectivity index (χ3v) is 8.77. The van der Waals surface area contributed by atoms with Gasteiger partial charge in [0.05, 0.1) is 5.41 Å². The van der Waals surface area contributed by atoms with Gasteiger partial charge in [0.15, 0.2) is 17.5 Å². The van der Waals surface area contributed by atoms with Crippen molar-refractivity contribution < 1.29 is 29.3 Å². The summed E-state index contributed by atoms with van der Waals surface area (Å²) in [6.45, 7) is 11.2. The van der Waals surface area contributed by atoms with Crippen LogP contribution in [-0.4, -0.2) is 46.1 Å². The van der Waals surface area contributed by atoms with Gasteiger partial charge in [-0.1, -0.05) is 39.0 Å². The Morgan fingerprint density at radius 2 is 1.97 bits per heavy atom. The van der Waals surface area contributed by atoms with Crippen LogP contribution >= 0.6 is 0 Å². The maximum Gasteiger partial charge on any atom is 0.334 e. The first-order chi connectivity index (χ1) is 14.4. The summed E-state index contributed by atoms with van der Waals surface area (Å²) < 4.78 is 5.69. The summed E-state index contributed by atoms with van der Waals surface area (Å²) in [6, 6.07) is 0. The van der Waals surface area contributed by atoms with Gasteiger partial charge < -0.3 is 14.9 Å². The smallest absolute Gasteiger partial charge is 0.334 e. The van der Waals surface area contributed by atoms with Gasteiger partial charge in [0.1, 0.15) is 12.4 Å². The Morgan fingerprint density at radius 3 is 2.55 bits per heavy atom. The Morgan fingerprint density at radius 1 is 1.32 bits per heavy atom. The summed E-state index contributed by atoms with van der Waals surface area (Å²) in [5.41, 5.74) is -2.81. The van der Waals surface area contributed by atoms with E-state index in [-0.39, 0.29) is 34.5 Å². The Hall–Kier alpha value is -2.05. The van der Waals surface area contributed by atoms with E-state index in [1.165, 1.54) is 0 Å². The van der Waals surface area contributed by atoms with Gasteiger partial charge in [-0.15, -0.1) is 0 Å². The second kappa shape index (κ2) is 6.72. The van der Waals surface area contributed by atoms with Crippen molar-refractivity contribution in [2.75, 3.05) is 0 Å². The minimum Gasteiger partial charge on any atom is -0.451 e. The number of carbonyl (C=O) groups excluding carboxylic acids is 3. The van der Waals surface area contributed by atoms with Gasteiger partial charge in [0, 0.05) is 17.1 Å². The third-order valence-electron chi connectivity index (χ3n) is 8.77. The molecule has 0 heterocycles. The number of ether oxygens (including phenoxy) is 1. The number of carbonyl (C=O) groups is 3. The van der Waals surface area contributed by atoms with Crippen molar-refractivity contribution in [3.63, 3.8) is 0 Å². The highest BCUT2D eigenvalue weighted by atomic mass is 16.6. The van der Waals surface area contributed by atoms with Gasteiger partial charge in [-0.2, -0.15) is 0 Å². The number of aldehydes is 1. The van der Waals surface area contributed by atoms with Crippen molar-refractivity contribution in [2.45, 2.75) is 65.8 Å². The molecule has 0 radical (unpaired) electrons. The van der Waals surface area contributed by atoms with Crippen LogP contribution in [0.5, 0.6) is 0 Å². The van der Waals surface area contributed by atoms with Crippen LogP contribution in [0.3, 0.4) is 0 Å². The molecule has 2 bridgehead atoms. The number of fused-ring (bicyclic) bond motifs is 3. The SMILES string of the molecule is C/C=C(/C)C(=O)O[C@H]1C(C)=C[C@]23C(=O)[C@@H](C=C(C=O)[C@@H](O)[C@]12O)C1[C@@H](C[C@H]3C)C1(C)C. The van der Waals surface area contributed by atoms with Crippen LogP contribution in [0.15, 0.2) is 34.9 Å². The summed E-state index contributed by atoms with van der Waals surface area (Å²) in [6.07, 6.45) is 3.19. The zero-order valence-corrected chi connectivity index (χ0v) is 19.0. The monoisotopic (exact) mass is 428 g/mol. The van der Waals surface area contributed by atoms with Gasteiger partial charge in [-0.05, 0) is 55.9 Å². The molecule has 4 aliphatic rings. The van der Waals surface area contributed by atoms with E-state index >= 15 is 0 Å². The molecule has 2 N–H and O–H groups in total. The minimum atomic E-state index is -2.15. The summed E-state index contributed by atoms with van der Waals surface area (Å²) in [7, 11) is 0. The van der Waals surface area contributed by atoms with Crippen LogP contribution in [0.1, 0.15) is 48.0 Å². The van der Waals surface area contributed by atoms with Gasteiger partial charge >= 0.3 is 5.97 Å². The zero-order chi connectivity index (χ0) is 23.1. The molecule has 0 amide bonds. The third kappa shape index (κ3) is 2.55. The lowest BCUT2D eigenvalue weighted by Gasteiger charge is -2.48. The zero-order valence-electron chi connectivity index (χ0n) is 19.0. The molecule has 1 unspecified atom stereocenters. The van der Waals surface area contributed by atoms with Crippen molar-refractivity contribution in [2.24, 2.45) is 34.5 Å². The van der Waals surface area contributed by atoms with Crippen LogP contribution in [0.25, 0.3) is 0 Å². The number of ketones is 1. The van der Waals surface area contributed by atoms with Crippen molar-refractivity contribution in [3.8, 4) is 0 Å². The molecule has 168 valence electrons. The molecule has 8 atom stereocenters. The molecule has 0 aromatic carbocycles. The number of aliphatic hydroxyl groups excluding tert-OH is 1. The normalized spacial score (nSPS) is 45.4. The van der Waals surface area contributed by atoms with Crippen molar-refractivity contribution in [1.29, 1.82) is 0 Å². The van der Waals surface area contributed by atoms with E-state index in [4.69, 9.17) is 4.74 Å². The first-order valence-electron chi connectivity index (χ1n) is 11.0. The van der Waals surface area contributed by atoms with Crippen molar-refractivity contribution in [3.05, 3.63) is 34.9 Å². The first-order valence-corrected chi connectivity index (χ1v) is 11.0. The average molecular weight is 429 g/mol. The topological polar surface area (TPSA) is 101 Å². The van der Waals surface area contributed by atoms with Crippen molar-refractivity contribution >= 4 is 18.0 Å². The number of allylic oxidation sites excluding steroid dienone is 2. The predicted molar refractivity (Wildman–Crippen MR) is 114 cm³/mol. The standard InChI is InChI=1S/C25H32O6/c1-7-12(2)22(29)31-21-13(3)10-24-14(4)8-17-18(23(17,5)6)16(20(24)28)9-15(11-26)19(27)25(21,24)30/h7,9-11,14,16-19,21,27,30H,8H2,1-6H3/b12-7-/t14-,16+,17-,18?,19-,21+,24+,25+/m1/s1. The Labute approximate surface area is 183 Å². The number of Topliss-reactive ketones (excluding diaryl/α,β-unsaturated/α-hetero) is 1. The van der Waals surface area contributed by atoms with E-state index in [0.717, 1.165) is 0 Å². The molecule has 6 nitrogen and oxygen atoms in total. The fourth-order valence-corrected chi connectivity index (χ4v) is 6.82. The summed E-state index contributed by atoms with van der Waals surface area (Å²) in [5, 5.41) is 23.5. The van der Waals surface area contributed by atoms with E-state index in [1.54, 1.807) is 39.0 Å². The number of hydrogen-bond acceptors (Lipinski definition) is 6. The highest BCUT2D eigenvalue weighted by molar-refractivity contribution is 5.97. The molecule has 2 fully saturated rings. The molecule has 2 saturated carbocycles. The van der Waals surface area contributed by atoms with Crippen LogP contribution in [0, 0.1) is 34.5 Å². The molecular weight excluding hydrogens is 396 g/mol. The number of esters is 1. The Balaban J connectivity index is 1.92. The van der Waals surface area contributed by atoms with Gasteiger partial charge in [0.2, 0.25) is 0 Å². The molecule has 6 heteroatoms. The van der Waals surface area contributed by atoms with E-state index in [9.17, 15) is 24.6 Å². The quantitative estimate of drug-likeness (QED) is 0.310. The molecule has 4 rings (SSSR count). The summed E-state index contributed by atoms with van der Waals surface area (Å²) in [5.74, 6) is -1.39. The van der Waals surface area contributed by atoms with Crippen LogP contribution in [0.4, 0.5) is 0 Å². The number of hydrogen-bond donors (Lipinski definition) is 2. The Bertz CT molecular complexity index is 955. The molecule has 0 saturated heterocycles. The highest BCUT2D eigenvalue weighted by Gasteiger charge is 2.76. The summed E-state index contributed by atoms with van der Waals surface area (Å²) >= 11 is 0. The van der Waals surface area contributed by atoms with E-state index in [1.807, 2.05) is 6.92 Å². The molecule has 4 aliphatic carbocycles. The second-order valence-electron chi connectivity index (χ2n) is 10.5. The molecule has 1 spiro atoms. The maximum absolute atomic E-state index is 14.1. The minimum absolute atomic E-state index is 0.0230.